The number of nitrogens with one attached hydrogen (secondary N) is 1. The topological polar surface area (TPSA) is 94.3 Å². The van der Waals surface area contributed by atoms with Crippen molar-refractivity contribution in [3.63, 3.8) is 0 Å². The van der Waals surface area contributed by atoms with Gasteiger partial charge in [0.15, 0.2) is 0 Å². The van der Waals surface area contributed by atoms with Crippen LogP contribution in [-0.2, 0) is 11.3 Å². The third-order valence-corrected chi connectivity index (χ3v) is 5.35. The Bertz CT molecular complexity index is 708. The van der Waals surface area contributed by atoms with E-state index in [-0.39, 0.29) is 17.9 Å². The minimum Gasteiger partial charge on any atom is -0.323 e. The predicted octanol–water partition coefficient (Wildman–Crippen LogP) is 0.797. The summed E-state index contributed by atoms with van der Waals surface area (Å²) in [6, 6.07) is 1.79. The summed E-state index contributed by atoms with van der Waals surface area (Å²) >= 11 is 0. The molecule has 0 spiro atoms. The number of likely N-dealkylation sites (tertiary alicyclic amines) is 1. The molecule has 2 aliphatic heterocycles. The van der Waals surface area contributed by atoms with Crippen molar-refractivity contribution < 1.29 is 9.59 Å². The lowest BCUT2D eigenvalue weighted by Gasteiger charge is -2.39. The first-order valence-corrected chi connectivity index (χ1v) is 8.77. The van der Waals surface area contributed by atoms with E-state index in [4.69, 9.17) is 5.26 Å². The molecule has 0 bridgehead atoms. The summed E-state index contributed by atoms with van der Waals surface area (Å²) in [4.78, 5) is 28.3. The van der Waals surface area contributed by atoms with Gasteiger partial charge in [0.1, 0.15) is 11.6 Å². The van der Waals surface area contributed by atoms with Crippen molar-refractivity contribution in [1.82, 2.24) is 24.9 Å². The van der Waals surface area contributed by atoms with Crippen molar-refractivity contribution in [2.45, 2.75) is 38.8 Å². The van der Waals surface area contributed by atoms with Crippen molar-refractivity contribution in [1.29, 1.82) is 5.26 Å². The molecule has 134 valence electrons. The summed E-state index contributed by atoms with van der Waals surface area (Å²) in [6.45, 7) is 7.31. The Morgan fingerprint density at radius 3 is 2.88 bits per heavy atom. The molecule has 1 N–H and O–H groups in total. The molecule has 8 heteroatoms. The van der Waals surface area contributed by atoms with Gasteiger partial charge in [-0.25, -0.2) is 4.79 Å². The largest absolute Gasteiger partial charge is 0.325 e. The van der Waals surface area contributed by atoms with Crippen LogP contribution in [-0.4, -0.2) is 63.2 Å². The molecular weight excluding hydrogens is 320 g/mol. The molecule has 3 heterocycles. The van der Waals surface area contributed by atoms with Crippen LogP contribution in [0.15, 0.2) is 12.4 Å². The maximum Gasteiger partial charge on any atom is 0.325 e. The van der Waals surface area contributed by atoms with Gasteiger partial charge in [-0.3, -0.25) is 14.4 Å². The van der Waals surface area contributed by atoms with E-state index in [9.17, 15) is 9.59 Å². The Labute approximate surface area is 147 Å². The standard InChI is InChI=1S/C17H24N6O2/c1-3-23-15(24)17(2,20-16(23)25)14-5-4-6-21(12-14)7-8-22-11-13(9-18)10-19-22/h10-11,14H,3-8,12H2,1-2H3,(H,20,25)/t14-,17-/m0/s1. The molecule has 1 aromatic heterocycles. The highest BCUT2D eigenvalue weighted by atomic mass is 16.2. The van der Waals surface area contributed by atoms with E-state index >= 15 is 0 Å². The quantitative estimate of drug-likeness (QED) is 0.797. The smallest absolute Gasteiger partial charge is 0.323 e. The molecule has 8 nitrogen and oxygen atoms in total. The van der Waals surface area contributed by atoms with Crippen LogP contribution in [0.5, 0.6) is 0 Å². The number of hydrogen-bond donors (Lipinski definition) is 1. The molecule has 2 atom stereocenters. The van der Waals surface area contributed by atoms with E-state index in [1.165, 1.54) is 4.90 Å². The van der Waals surface area contributed by atoms with Crippen LogP contribution in [0.1, 0.15) is 32.3 Å². The van der Waals surface area contributed by atoms with Crippen molar-refractivity contribution in [2.75, 3.05) is 26.2 Å². The first-order valence-electron chi connectivity index (χ1n) is 8.77. The Kier molecular flexibility index (Phi) is 4.77. The van der Waals surface area contributed by atoms with Gasteiger partial charge in [-0.2, -0.15) is 10.4 Å². The molecular formula is C17H24N6O2. The number of nitriles is 1. The molecule has 2 aliphatic rings. The number of piperidine rings is 1. The first kappa shape index (κ1) is 17.4. The summed E-state index contributed by atoms with van der Waals surface area (Å²) in [7, 11) is 0. The van der Waals surface area contributed by atoms with Crippen LogP contribution in [0.3, 0.4) is 0 Å². The highest BCUT2D eigenvalue weighted by molar-refractivity contribution is 6.07. The zero-order valence-corrected chi connectivity index (χ0v) is 14.7. The lowest BCUT2D eigenvalue weighted by Crippen LogP contribution is -2.56. The lowest BCUT2D eigenvalue weighted by atomic mass is 9.80. The van der Waals surface area contributed by atoms with E-state index in [2.05, 4.69) is 21.4 Å². The molecule has 0 unspecified atom stereocenters. The number of carbonyl (C=O) groups is 2. The minimum atomic E-state index is -0.814. The summed E-state index contributed by atoms with van der Waals surface area (Å²) in [5, 5.41) is 15.9. The number of imide groups is 1. The maximum absolute atomic E-state index is 12.7. The SMILES string of the molecule is CCN1C(=O)N[C@@](C)([C@H]2CCCN(CCn3cc(C#N)cn3)C2)C1=O. The molecule has 2 saturated heterocycles. The van der Waals surface area contributed by atoms with Gasteiger partial charge in [-0.1, -0.05) is 0 Å². The van der Waals surface area contributed by atoms with E-state index < -0.39 is 5.54 Å². The van der Waals surface area contributed by atoms with Gasteiger partial charge in [-0.05, 0) is 33.2 Å². The summed E-state index contributed by atoms with van der Waals surface area (Å²) in [5.41, 5.74) is -0.256. The fourth-order valence-electron chi connectivity index (χ4n) is 3.80. The fraction of sp³-hybridized carbons (Fsp3) is 0.647. The van der Waals surface area contributed by atoms with Crippen LogP contribution in [0.25, 0.3) is 0 Å². The van der Waals surface area contributed by atoms with Crippen LogP contribution in [0, 0.1) is 17.2 Å². The van der Waals surface area contributed by atoms with Crippen LogP contribution < -0.4 is 5.32 Å². The van der Waals surface area contributed by atoms with Gasteiger partial charge in [0, 0.05) is 31.7 Å². The van der Waals surface area contributed by atoms with E-state index in [0.29, 0.717) is 18.7 Å². The minimum absolute atomic E-state index is 0.0986. The maximum atomic E-state index is 12.7. The summed E-state index contributed by atoms with van der Waals surface area (Å²) < 4.78 is 1.77. The summed E-state index contributed by atoms with van der Waals surface area (Å²) in [6.07, 6.45) is 5.23. The number of nitrogens with zero attached hydrogens (tertiary/aromatic N) is 5. The number of likely N-dealkylation sites (N-methyl/N-ethyl adjacent to an activating group) is 1. The second kappa shape index (κ2) is 6.84. The Morgan fingerprint density at radius 2 is 2.24 bits per heavy atom. The lowest BCUT2D eigenvalue weighted by molar-refractivity contribution is -0.133. The van der Waals surface area contributed by atoms with Gasteiger partial charge < -0.3 is 10.2 Å². The van der Waals surface area contributed by atoms with Gasteiger partial charge >= 0.3 is 6.03 Å². The van der Waals surface area contributed by atoms with Crippen molar-refractivity contribution in [3.05, 3.63) is 18.0 Å². The van der Waals surface area contributed by atoms with Crippen LogP contribution in [0.4, 0.5) is 4.79 Å². The third kappa shape index (κ3) is 3.24. The highest BCUT2D eigenvalue weighted by Crippen LogP contribution is 2.32. The number of urea groups is 1. The molecule has 0 aromatic carbocycles. The average molecular weight is 344 g/mol. The molecule has 0 aliphatic carbocycles. The number of rotatable bonds is 5. The zero-order valence-electron chi connectivity index (χ0n) is 14.7. The normalized spacial score (nSPS) is 27.4. The second-order valence-electron chi connectivity index (χ2n) is 6.93. The average Bonchev–Trinajstić information content (AvgIpc) is 3.16. The number of hydrogen-bond acceptors (Lipinski definition) is 5. The predicted molar refractivity (Wildman–Crippen MR) is 90.4 cm³/mol. The van der Waals surface area contributed by atoms with Gasteiger partial charge in [-0.15, -0.1) is 0 Å². The van der Waals surface area contributed by atoms with E-state index in [1.807, 2.05) is 13.8 Å². The molecule has 1 aromatic rings. The third-order valence-electron chi connectivity index (χ3n) is 5.35. The molecule has 2 fully saturated rings. The Balaban J connectivity index is 1.62. The monoisotopic (exact) mass is 344 g/mol. The summed E-state index contributed by atoms with van der Waals surface area (Å²) in [5.74, 6) is -0.0147. The fourth-order valence-corrected chi connectivity index (χ4v) is 3.80. The highest BCUT2D eigenvalue weighted by Gasteiger charge is 2.52. The van der Waals surface area contributed by atoms with E-state index in [1.54, 1.807) is 17.1 Å². The molecule has 3 rings (SSSR count). The number of carbonyl (C=O) groups excluding carboxylic acids is 2. The molecule has 0 saturated carbocycles. The molecule has 3 amide bonds. The van der Waals surface area contributed by atoms with Crippen molar-refractivity contribution in [2.24, 2.45) is 5.92 Å². The van der Waals surface area contributed by atoms with Crippen LogP contribution >= 0.6 is 0 Å². The van der Waals surface area contributed by atoms with Crippen molar-refractivity contribution in [3.8, 4) is 6.07 Å². The molecule has 0 radical (unpaired) electrons. The van der Waals surface area contributed by atoms with E-state index in [0.717, 1.165) is 32.5 Å². The number of amides is 3. The van der Waals surface area contributed by atoms with Crippen LogP contribution in [0.2, 0.25) is 0 Å². The molecule has 25 heavy (non-hydrogen) atoms. The zero-order chi connectivity index (χ0) is 18.0. The van der Waals surface area contributed by atoms with Gasteiger partial charge in [0.05, 0.1) is 18.3 Å². The van der Waals surface area contributed by atoms with Gasteiger partial charge in [0.25, 0.3) is 5.91 Å². The van der Waals surface area contributed by atoms with Gasteiger partial charge in [0.2, 0.25) is 0 Å². The second-order valence-corrected chi connectivity index (χ2v) is 6.93. The first-order chi connectivity index (χ1) is 12.0. The Morgan fingerprint density at radius 1 is 1.44 bits per heavy atom. The Hall–Kier alpha value is -2.40. The van der Waals surface area contributed by atoms with Crippen molar-refractivity contribution >= 4 is 11.9 Å². The number of aromatic nitrogens is 2.